The van der Waals surface area contributed by atoms with E-state index in [1.54, 1.807) is 17.0 Å². The van der Waals surface area contributed by atoms with Crippen molar-refractivity contribution in [3.63, 3.8) is 0 Å². The van der Waals surface area contributed by atoms with Crippen molar-refractivity contribution in [2.24, 2.45) is 0 Å². The Labute approximate surface area is 161 Å². The van der Waals surface area contributed by atoms with Crippen LogP contribution in [0.2, 0.25) is 0 Å². The molecular weight excluding hydrogens is 364 g/mol. The predicted octanol–water partition coefficient (Wildman–Crippen LogP) is 2.31. The Balaban J connectivity index is 1.64. The number of amides is 1. The lowest BCUT2D eigenvalue weighted by atomic mass is 9.96. The highest BCUT2D eigenvalue weighted by Gasteiger charge is 2.31. The maximum absolute atomic E-state index is 11.7. The molecule has 10 heteroatoms. The average Bonchev–Trinajstić information content (AvgIpc) is 3.17. The van der Waals surface area contributed by atoms with Gasteiger partial charge in [0.2, 0.25) is 11.8 Å². The topological polar surface area (TPSA) is 118 Å². The SMILES string of the molecule is CN(C)c1noc(C2CCCN(c3cc4c(cc3[N+](=O)[O-])CCC(=O)N4)C2)n1. The second-order valence-corrected chi connectivity index (χ2v) is 7.42. The number of hydrogen-bond acceptors (Lipinski definition) is 8. The van der Waals surface area contributed by atoms with Crippen molar-refractivity contribution in [3.8, 4) is 0 Å². The van der Waals surface area contributed by atoms with E-state index in [2.05, 4.69) is 15.5 Å². The molecule has 1 N–H and O–H groups in total. The van der Waals surface area contributed by atoms with E-state index in [0.717, 1.165) is 18.4 Å². The molecule has 2 aromatic rings. The quantitative estimate of drug-likeness (QED) is 0.628. The summed E-state index contributed by atoms with van der Waals surface area (Å²) in [5, 5.41) is 18.5. The fraction of sp³-hybridized carbons (Fsp3) is 0.500. The largest absolute Gasteiger partial charge is 0.365 e. The van der Waals surface area contributed by atoms with Gasteiger partial charge in [0.15, 0.2) is 0 Å². The summed E-state index contributed by atoms with van der Waals surface area (Å²) < 4.78 is 5.41. The molecule has 0 radical (unpaired) electrons. The lowest BCUT2D eigenvalue weighted by molar-refractivity contribution is -0.384. The maximum Gasteiger partial charge on any atom is 0.292 e. The summed E-state index contributed by atoms with van der Waals surface area (Å²) in [6.07, 6.45) is 2.59. The number of piperidine rings is 1. The normalized spacial score (nSPS) is 19.1. The molecule has 0 bridgehead atoms. The zero-order valence-corrected chi connectivity index (χ0v) is 15.8. The molecule has 1 fully saturated rings. The number of nitro benzene ring substituents is 1. The Morgan fingerprint density at radius 2 is 2.18 bits per heavy atom. The number of nitro groups is 1. The number of carbonyl (C=O) groups excluding carboxylic acids is 1. The summed E-state index contributed by atoms with van der Waals surface area (Å²) in [5.41, 5.74) is 2.04. The number of anilines is 3. The number of nitrogens with zero attached hydrogens (tertiary/aromatic N) is 5. The van der Waals surface area contributed by atoms with Crippen LogP contribution in [0.5, 0.6) is 0 Å². The zero-order valence-electron chi connectivity index (χ0n) is 15.8. The van der Waals surface area contributed by atoms with Crippen molar-refractivity contribution in [3.05, 3.63) is 33.7 Å². The lowest BCUT2D eigenvalue weighted by Crippen LogP contribution is -2.35. The number of aromatic nitrogens is 2. The number of aryl methyl sites for hydroxylation is 1. The first-order valence-electron chi connectivity index (χ1n) is 9.29. The van der Waals surface area contributed by atoms with Crippen molar-refractivity contribution in [1.82, 2.24) is 10.1 Å². The van der Waals surface area contributed by atoms with E-state index in [1.165, 1.54) is 0 Å². The molecule has 1 amide bonds. The van der Waals surface area contributed by atoms with Crippen LogP contribution in [-0.4, -0.2) is 48.2 Å². The van der Waals surface area contributed by atoms with Gasteiger partial charge >= 0.3 is 0 Å². The van der Waals surface area contributed by atoms with E-state index in [1.807, 2.05) is 19.0 Å². The van der Waals surface area contributed by atoms with Gasteiger partial charge in [-0.1, -0.05) is 0 Å². The van der Waals surface area contributed by atoms with Crippen LogP contribution in [0.25, 0.3) is 0 Å². The number of carbonyl (C=O) groups is 1. The Hall–Kier alpha value is -3.17. The van der Waals surface area contributed by atoms with Crippen LogP contribution in [-0.2, 0) is 11.2 Å². The van der Waals surface area contributed by atoms with E-state index in [9.17, 15) is 14.9 Å². The van der Waals surface area contributed by atoms with E-state index in [-0.39, 0.29) is 22.4 Å². The van der Waals surface area contributed by atoms with Gasteiger partial charge in [0.1, 0.15) is 5.69 Å². The highest BCUT2D eigenvalue weighted by molar-refractivity contribution is 5.95. The third-order valence-corrected chi connectivity index (χ3v) is 5.23. The summed E-state index contributed by atoms with van der Waals surface area (Å²) in [4.78, 5) is 31.2. The van der Waals surface area contributed by atoms with Gasteiger partial charge in [0.25, 0.3) is 11.6 Å². The molecule has 28 heavy (non-hydrogen) atoms. The Bertz CT molecular complexity index is 925. The number of rotatable bonds is 4. The Morgan fingerprint density at radius 3 is 2.89 bits per heavy atom. The third-order valence-electron chi connectivity index (χ3n) is 5.23. The molecule has 1 saturated heterocycles. The minimum atomic E-state index is -0.355. The molecule has 4 rings (SSSR count). The summed E-state index contributed by atoms with van der Waals surface area (Å²) in [5.74, 6) is 0.989. The Morgan fingerprint density at radius 1 is 1.36 bits per heavy atom. The Kier molecular flexibility index (Phi) is 4.62. The van der Waals surface area contributed by atoms with Crippen molar-refractivity contribution in [2.75, 3.05) is 42.3 Å². The third kappa shape index (κ3) is 3.37. The molecule has 148 valence electrons. The van der Waals surface area contributed by atoms with Gasteiger partial charge in [0.05, 0.1) is 10.8 Å². The predicted molar refractivity (Wildman–Crippen MR) is 103 cm³/mol. The van der Waals surface area contributed by atoms with Gasteiger partial charge in [-0.25, -0.2) is 0 Å². The van der Waals surface area contributed by atoms with Crippen LogP contribution in [0.15, 0.2) is 16.7 Å². The van der Waals surface area contributed by atoms with E-state index in [0.29, 0.717) is 49.1 Å². The monoisotopic (exact) mass is 386 g/mol. The molecule has 2 aliphatic rings. The number of hydrogen-bond donors (Lipinski definition) is 1. The van der Waals surface area contributed by atoms with Crippen LogP contribution in [0.3, 0.4) is 0 Å². The molecule has 0 spiro atoms. The first-order chi connectivity index (χ1) is 13.4. The number of fused-ring (bicyclic) bond motifs is 1. The number of nitrogens with one attached hydrogen (secondary N) is 1. The van der Waals surface area contributed by atoms with E-state index >= 15 is 0 Å². The van der Waals surface area contributed by atoms with Crippen molar-refractivity contribution >= 4 is 28.9 Å². The van der Waals surface area contributed by atoms with Crippen LogP contribution in [0.4, 0.5) is 23.0 Å². The van der Waals surface area contributed by atoms with Gasteiger partial charge < -0.3 is 19.6 Å². The standard InChI is InChI=1S/C18H22N6O4/c1-22(2)18-20-17(28-21-18)12-4-3-7-23(10-12)14-9-13-11(5-6-16(25)19-13)8-15(14)24(26)27/h8-9,12H,3-7,10H2,1-2H3,(H,19,25). The van der Waals surface area contributed by atoms with E-state index in [4.69, 9.17) is 4.52 Å². The maximum atomic E-state index is 11.7. The zero-order chi connectivity index (χ0) is 19.8. The molecule has 1 aromatic carbocycles. The smallest absolute Gasteiger partial charge is 0.292 e. The van der Waals surface area contributed by atoms with Gasteiger partial charge in [-0.15, -0.1) is 0 Å². The second kappa shape index (κ2) is 7.10. The molecule has 10 nitrogen and oxygen atoms in total. The summed E-state index contributed by atoms with van der Waals surface area (Å²) >= 11 is 0. The van der Waals surface area contributed by atoms with Crippen LogP contribution < -0.4 is 15.1 Å². The van der Waals surface area contributed by atoms with Crippen LogP contribution in [0, 0.1) is 10.1 Å². The van der Waals surface area contributed by atoms with Gasteiger partial charge in [0, 0.05) is 45.4 Å². The average molecular weight is 386 g/mol. The van der Waals surface area contributed by atoms with Crippen molar-refractivity contribution in [2.45, 2.75) is 31.6 Å². The van der Waals surface area contributed by atoms with Crippen LogP contribution in [0.1, 0.15) is 36.6 Å². The minimum Gasteiger partial charge on any atom is -0.365 e. The molecule has 3 heterocycles. The van der Waals surface area contributed by atoms with Gasteiger partial charge in [-0.05, 0) is 36.0 Å². The van der Waals surface area contributed by atoms with Gasteiger partial charge in [-0.3, -0.25) is 14.9 Å². The first kappa shape index (κ1) is 18.2. The minimum absolute atomic E-state index is 0.000164. The molecule has 1 unspecified atom stereocenters. The molecule has 0 aliphatic carbocycles. The van der Waals surface area contributed by atoms with E-state index < -0.39 is 0 Å². The fourth-order valence-corrected chi connectivity index (χ4v) is 3.78. The van der Waals surface area contributed by atoms with Crippen molar-refractivity contribution in [1.29, 1.82) is 0 Å². The second-order valence-electron chi connectivity index (χ2n) is 7.42. The first-order valence-corrected chi connectivity index (χ1v) is 9.29. The van der Waals surface area contributed by atoms with Gasteiger partial charge in [-0.2, -0.15) is 4.98 Å². The highest BCUT2D eigenvalue weighted by atomic mass is 16.6. The summed E-state index contributed by atoms with van der Waals surface area (Å²) in [6, 6.07) is 3.32. The molecule has 2 aliphatic heterocycles. The molecule has 1 aromatic heterocycles. The number of benzene rings is 1. The fourth-order valence-electron chi connectivity index (χ4n) is 3.78. The van der Waals surface area contributed by atoms with Crippen molar-refractivity contribution < 1.29 is 14.2 Å². The summed E-state index contributed by atoms with van der Waals surface area (Å²) in [7, 11) is 3.68. The lowest BCUT2D eigenvalue weighted by Gasteiger charge is -2.33. The van der Waals surface area contributed by atoms with Crippen LogP contribution >= 0.6 is 0 Å². The highest BCUT2D eigenvalue weighted by Crippen LogP contribution is 2.39. The molecular formula is C18H22N6O4. The summed E-state index contributed by atoms with van der Waals surface area (Å²) in [6.45, 7) is 1.24. The molecule has 1 atom stereocenters. The molecule has 0 saturated carbocycles.